The predicted molar refractivity (Wildman–Crippen MR) is 234 cm³/mol. The van der Waals surface area contributed by atoms with Gasteiger partial charge in [0.15, 0.2) is 0 Å². The summed E-state index contributed by atoms with van der Waals surface area (Å²) in [6, 6.07) is 0. The molecule has 0 aliphatic carbocycles. The van der Waals surface area contributed by atoms with E-state index in [0.717, 1.165) is 90.4 Å². The lowest BCUT2D eigenvalue weighted by Crippen LogP contribution is -2.20. The summed E-state index contributed by atoms with van der Waals surface area (Å²) in [5, 5.41) is 7.21. The van der Waals surface area contributed by atoms with Crippen LogP contribution in [0, 0.1) is 11.8 Å². The maximum atomic E-state index is 12.8. The van der Waals surface area contributed by atoms with Gasteiger partial charge in [0.05, 0.1) is 25.0 Å². The molecule has 0 radical (unpaired) electrons. The van der Waals surface area contributed by atoms with Gasteiger partial charge in [0.25, 0.3) is 0 Å². The molecule has 0 aromatic rings. The third-order valence-electron chi connectivity index (χ3n) is 11.2. The van der Waals surface area contributed by atoms with E-state index in [9.17, 15) is 9.59 Å². The summed E-state index contributed by atoms with van der Waals surface area (Å²) in [5.74, 6) is 0.371. The number of hydrogen-bond acceptors (Lipinski definition) is 6. The number of unbranched alkanes of at least 4 members (excludes halogenated alkanes) is 23. The highest BCUT2D eigenvalue weighted by Gasteiger charge is 2.20. The van der Waals surface area contributed by atoms with Gasteiger partial charge in [0, 0.05) is 0 Å². The standard InChI is InChI=1S/C48H96N2O4/c1-5-9-13-17-19-27-37-45(35-25-15-11-7-3)47(51)53-43-33-23-21-29-39-49-41-31-32-42-50-40-30-22-24-34-44-54-48(52)46(36-26-16-12-8-4)38-28-20-18-14-10-6-2/h45-46,49-50H,5-44H2,1-4H3. The van der Waals surface area contributed by atoms with E-state index in [1.54, 1.807) is 0 Å². The van der Waals surface area contributed by atoms with Crippen molar-refractivity contribution in [2.24, 2.45) is 11.8 Å². The van der Waals surface area contributed by atoms with Gasteiger partial charge in [0.2, 0.25) is 0 Å². The Morgan fingerprint density at radius 3 is 0.907 bits per heavy atom. The van der Waals surface area contributed by atoms with E-state index in [0.29, 0.717) is 13.2 Å². The molecule has 0 heterocycles. The molecule has 6 heteroatoms. The normalized spacial score (nSPS) is 12.6. The van der Waals surface area contributed by atoms with Crippen molar-refractivity contribution < 1.29 is 19.1 Å². The summed E-state index contributed by atoms with van der Waals surface area (Å²) in [5.41, 5.74) is 0. The molecule has 54 heavy (non-hydrogen) atoms. The van der Waals surface area contributed by atoms with Crippen LogP contribution in [0.1, 0.15) is 246 Å². The first-order valence-corrected chi connectivity index (χ1v) is 24.3. The quantitative estimate of drug-likeness (QED) is 0.0475. The van der Waals surface area contributed by atoms with Crippen LogP contribution in [0.25, 0.3) is 0 Å². The van der Waals surface area contributed by atoms with Crippen LogP contribution in [0.4, 0.5) is 0 Å². The van der Waals surface area contributed by atoms with E-state index >= 15 is 0 Å². The number of ether oxygens (including phenoxy) is 2. The van der Waals surface area contributed by atoms with Crippen LogP contribution < -0.4 is 10.6 Å². The minimum Gasteiger partial charge on any atom is -0.465 e. The Morgan fingerprint density at radius 2 is 0.574 bits per heavy atom. The van der Waals surface area contributed by atoms with Gasteiger partial charge in [-0.1, -0.05) is 182 Å². The molecule has 0 saturated heterocycles. The summed E-state index contributed by atoms with van der Waals surface area (Å²) >= 11 is 0. The average Bonchev–Trinajstić information content (AvgIpc) is 3.18. The molecule has 0 bridgehead atoms. The van der Waals surface area contributed by atoms with Crippen LogP contribution >= 0.6 is 0 Å². The number of hydrogen-bond donors (Lipinski definition) is 2. The summed E-state index contributed by atoms with van der Waals surface area (Å²) < 4.78 is 11.5. The Bertz CT molecular complexity index is 701. The molecule has 2 unspecified atom stereocenters. The van der Waals surface area contributed by atoms with Crippen LogP contribution in [0.5, 0.6) is 0 Å². The van der Waals surface area contributed by atoms with Crippen LogP contribution in [0.2, 0.25) is 0 Å². The lowest BCUT2D eigenvalue weighted by molar-refractivity contribution is -0.150. The molecule has 0 fully saturated rings. The van der Waals surface area contributed by atoms with E-state index in [1.165, 1.54) is 154 Å². The molecule has 2 N–H and O–H groups in total. The molecular formula is C48H96N2O4. The monoisotopic (exact) mass is 765 g/mol. The molecule has 0 aromatic carbocycles. The van der Waals surface area contributed by atoms with Gasteiger partial charge < -0.3 is 20.1 Å². The van der Waals surface area contributed by atoms with Gasteiger partial charge in [0.1, 0.15) is 0 Å². The van der Waals surface area contributed by atoms with Gasteiger partial charge in [-0.3, -0.25) is 9.59 Å². The van der Waals surface area contributed by atoms with Crippen molar-refractivity contribution in [3.63, 3.8) is 0 Å². The lowest BCUT2D eigenvalue weighted by atomic mass is 9.94. The summed E-state index contributed by atoms with van der Waals surface area (Å²) in [6.45, 7) is 14.5. The Kier molecular flexibility index (Phi) is 43.6. The molecule has 0 saturated carbocycles. The highest BCUT2D eigenvalue weighted by atomic mass is 16.5. The maximum Gasteiger partial charge on any atom is 0.308 e. The van der Waals surface area contributed by atoms with E-state index in [-0.39, 0.29) is 23.8 Å². The van der Waals surface area contributed by atoms with Crippen LogP contribution in [-0.4, -0.2) is 51.3 Å². The SMILES string of the molecule is CCCCCCCCC(CCCCCC)C(=O)OCCCCCCNCCCCNCCCCCCOC(=O)C(CCCCCC)CCCCCCCC. The number of rotatable bonds is 45. The van der Waals surface area contributed by atoms with Crippen molar-refractivity contribution in [3.8, 4) is 0 Å². The zero-order chi connectivity index (χ0) is 39.4. The van der Waals surface area contributed by atoms with Crippen molar-refractivity contribution in [1.82, 2.24) is 10.6 Å². The second kappa shape index (κ2) is 44.6. The number of carbonyl (C=O) groups is 2. The molecule has 6 nitrogen and oxygen atoms in total. The third-order valence-corrected chi connectivity index (χ3v) is 11.2. The minimum absolute atomic E-state index is 0.0705. The largest absolute Gasteiger partial charge is 0.465 e. The smallest absolute Gasteiger partial charge is 0.308 e. The highest BCUT2D eigenvalue weighted by molar-refractivity contribution is 5.72. The fourth-order valence-corrected chi connectivity index (χ4v) is 7.48. The lowest BCUT2D eigenvalue weighted by Gasteiger charge is -2.16. The second-order valence-corrected chi connectivity index (χ2v) is 16.6. The van der Waals surface area contributed by atoms with Gasteiger partial charge in [-0.15, -0.1) is 0 Å². The van der Waals surface area contributed by atoms with Crippen molar-refractivity contribution in [2.45, 2.75) is 246 Å². The number of carbonyl (C=O) groups excluding carboxylic acids is 2. The van der Waals surface area contributed by atoms with Gasteiger partial charge in [-0.2, -0.15) is 0 Å². The van der Waals surface area contributed by atoms with Crippen LogP contribution in [0.3, 0.4) is 0 Å². The third kappa shape index (κ3) is 37.8. The maximum absolute atomic E-state index is 12.8. The summed E-state index contributed by atoms with van der Waals surface area (Å²) in [4.78, 5) is 25.6. The molecule has 0 aliphatic rings. The van der Waals surface area contributed by atoms with E-state index in [2.05, 4.69) is 38.3 Å². The first kappa shape index (κ1) is 52.9. The number of esters is 2. The van der Waals surface area contributed by atoms with Gasteiger partial charge in [-0.25, -0.2) is 0 Å². The fraction of sp³-hybridized carbons (Fsp3) is 0.958. The zero-order valence-corrected chi connectivity index (χ0v) is 37.1. The predicted octanol–water partition coefficient (Wildman–Crippen LogP) is 13.8. The Morgan fingerprint density at radius 1 is 0.333 bits per heavy atom. The van der Waals surface area contributed by atoms with Crippen LogP contribution in [0.15, 0.2) is 0 Å². The van der Waals surface area contributed by atoms with E-state index < -0.39 is 0 Å². The Hall–Kier alpha value is -1.14. The summed E-state index contributed by atoms with van der Waals surface area (Å²) in [7, 11) is 0. The van der Waals surface area contributed by atoms with Gasteiger partial charge >= 0.3 is 11.9 Å². The summed E-state index contributed by atoms with van der Waals surface area (Å²) in [6.07, 6.45) is 40.7. The van der Waals surface area contributed by atoms with Crippen molar-refractivity contribution >= 4 is 11.9 Å². The first-order chi connectivity index (χ1) is 26.6. The number of nitrogens with one attached hydrogen (secondary N) is 2. The van der Waals surface area contributed by atoms with E-state index in [1.807, 2.05) is 0 Å². The second-order valence-electron chi connectivity index (χ2n) is 16.6. The molecule has 0 spiro atoms. The molecule has 0 aromatic heterocycles. The topological polar surface area (TPSA) is 76.7 Å². The molecule has 0 amide bonds. The van der Waals surface area contributed by atoms with Crippen LogP contribution in [-0.2, 0) is 19.1 Å². The Balaban J connectivity index is 3.73. The fourth-order valence-electron chi connectivity index (χ4n) is 7.48. The first-order valence-electron chi connectivity index (χ1n) is 24.3. The highest BCUT2D eigenvalue weighted by Crippen LogP contribution is 2.22. The van der Waals surface area contributed by atoms with Crippen molar-refractivity contribution in [3.05, 3.63) is 0 Å². The van der Waals surface area contributed by atoms with Crippen molar-refractivity contribution in [2.75, 3.05) is 39.4 Å². The van der Waals surface area contributed by atoms with Gasteiger partial charge in [-0.05, 0) is 90.4 Å². The molecular weight excluding hydrogens is 669 g/mol. The van der Waals surface area contributed by atoms with E-state index in [4.69, 9.17) is 9.47 Å². The zero-order valence-electron chi connectivity index (χ0n) is 37.1. The molecule has 0 rings (SSSR count). The molecule has 322 valence electrons. The average molecular weight is 765 g/mol. The minimum atomic E-state index is 0.0705. The van der Waals surface area contributed by atoms with Crippen molar-refractivity contribution in [1.29, 1.82) is 0 Å². The Labute approximate surface area is 338 Å². The molecule has 2 atom stereocenters. The molecule has 0 aliphatic heterocycles.